The minimum Gasteiger partial charge on any atom is -0.392 e. The molecule has 0 aliphatic rings. The Hall–Kier alpha value is -2.20. The summed E-state index contributed by atoms with van der Waals surface area (Å²) in [5, 5.41) is 11.9. The van der Waals surface area contributed by atoms with E-state index in [0.717, 1.165) is 36.1 Å². The van der Waals surface area contributed by atoms with Gasteiger partial charge in [-0.1, -0.05) is 30.3 Å². The van der Waals surface area contributed by atoms with Gasteiger partial charge in [0.1, 0.15) is 0 Å². The summed E-state index contributed by atoms with van der Waals surface area (Å²) in [5.41, 5.74) is 3.09. The van der Waals surface area contributed by atoms with Gasteiger partial charge in [-0.25, -0.2) is 0 Å². The lowest BCUT2D eigenvalue weighted by atomic mass is 10.1. The molecule has 0 spiro atoms. The number of aliphatic hydroxyl groups is 1. The van der Waals surface area contributed by atoms with E-state index in [-0.39, 0.29) is 12.5 Å². The van der Waals surface area contributed by atoms with Crippen LogP contribution in [-0.4, -0.2) is 22.5 Å². The van der Waals surface area contributed by atoms with Crippen molar-refractivity contribution in [3.63, 3.8) is 0 Å². The van der Waals surface area contributed by atoms with Crippen LogP contribution in [-0.2, 0) is 24.2 Å². The molecule has 0 saturated heterocycles. The molecule has 22 heavy (non-hydrogen) atoms. The summed E-state index contributed by atoms with van der Waals surface area (Å²) in [7, 11) is 0. The average molecular weight is 298 g/mol. The number of carbonyl (C=O) groups is 1. The molecule has 1 aromatic carbocycles. The maximum absolute atomic E-state index is 11.8. The molecule has 2 rings (SSSR count). The third-order valence-electron chi connectivity index (χ3n) is 3.50. The number of aliphatic hydroxyl groups excluding tert-OH is 1. The molecule has 0 unspecified atom stereocenters. The molecule has 0 atom stereocenters. The van der Waals surface area contributed by atoms with Gasteiger partial charge in [-0.15, -0.1) is 0 Å². The van der Waals surface area contributed by atoms with Gasteiger partial charge in [0, 0.05) is 24.9 Å². The second-order valence-electron chi connectivity index (χ2n) is 5.25. The minimum atomic E-state index is 0.0628. The summed E-state index contributed by atoms with van der Waals surface area (Å²) >= 11 is 0. The molecule has 0 saturated carbocycles. The van der Waals surface area contributed by atoms with Crippen LogP contribution >= 0.6 is 0 Å². The number of aryl methyl sites for hydroxylation is 1. The topological polar surface area (TPSA) is 62.2 Å². The second kappa shape index (κ2) is 8.95. The van der Waals surface area contributed by atoms with Gasteiger partial charge in [-0.3, -0.25) is 9.78 Å². The van der Waals surface area contributed by atoms with Gasteiger partial charge in [0.15, 0.2) is 0 Å². The van der Waals surface area contributed by atoms with E-state index in [0.29, 0.717) is 13.0 Å². The van der Waals surface area contributed by atoms with Gasteiger partial charge in [0.05, 0.1) is 6.61 Å². The van der Waals surface area contributed by atoms with E-state index in [1.54, 1.807) is 6.20 Å². The Kier molecular flexibility index (Phi) is 6.58. The fourth-order valence-corrected chi connectivity index (χ4v) is 2.22. The first-order valence-electron chi connectivity index (χ1n) is 7.63. The van der Waals surface area contributed by atoms with Crippen molar-refractivity contribution in [2.45, 2.75) is 32.3 Å². The van der Waals surface area contributed by atoms with E-state index < -0.39 is 0 Å². The van der Waals surface area contributed by atoms with Crippen molar-refractivity contribution in [3.05, 3.63) is 65.5 Å². The molecule has 0 fully saturated rings. The summed E-state index contributed by atoms with van der Waals surface area (Å²) in [6.45, 7) is 0.703. The zero-order valence-electron chi connectivity index (χ0n) is 12.7. The number of pyridine rings is 1. The van der Waals surface area contributed by atoms with Crippen molar-refractivity contribution in [2.75, 3.05) is 6.54 Å². The van der Waals surface area contributed by atoms with Gasteiger partial charge in [0.25, 0.3) is 0 Å². The summed E-state index contributed by atoms with van der Waals surface area (Å²) in [6.07, 6.45) is 4.75. The second-order valence-corrected chi connectivity index (χ2v) is 5.25. The highest BCUT2D eigenvalue weighted by molar-refractivity contribution is 5.75. The summed E-state index contributed by atoms with van der Waals surface area (Å²) in [6, 6.07) is 13.6. The maximum Gasteiger partial charge on any atom is 0.220 e. The van der Waals surface area contributed by atoms with Gasteiger partial charge < -0.3 is 10.4 Å². The van der Waals surface area contributed by atoms with Crippen LogP contribution in [0.5, 0.6) is 0 Å². The standard InChI is InChI=1S/C18H22N2O2/c21-14-16-9-7-15(8-10-16)11-13-20-18(22)6-3-5-17-4-1-2-12-19-17/h1-2,4,7-10,12,21H,3,5-6,11,13-14H2,(H,20,22). The van der Waals surface area contributed by atoms with Gasteiger partial charge in [-0.05, 0) is 42.5 Å². The number of nitrogens with one attached hydrogen (secondary N) is 1. The molecule has 2 N–H and O–H groups in total. The molecule has 0 bridgehead atoms. The lowest BCUT2D eigenvalue weighted by Gasteiger charge is -2.06. The first-order chi connectivity index (χ1) is 10.8. The predicted octanol–water partition coefficient (Wildman–Crippen LogP) is 2.26. The SMILES string of the molecule is O=C(CCCc1ccccn1)NCCc1ccc(CO)cc1. The molecule has 1 amide bonds. The number of nitrogens with zero attached hydrogens (tertiary/aromatic N) is 1. The van der Waals surface area contributed by atoms with Crippen LogP contribution in [0.3, 0.4) is 0 Å². The normalized spacial score (nSPS) is 10.4. The Morgan fingerprint density at radius 3 is 2.50 bits per heavy atom. The van der Waals surface area contributed by atoms with E-state index in [4.69, 9.17) is 5.11 Å². The molecule has 0 aliphatic heterocycles. The largest absolute Gasteiger partial charge is 0.392 e. The van der Waals surface area contributed by atoms with Crippen LogP contribution in [0.1, 0.15) is 29.7 Å². The molecule has 1 aromatic heterocycles. The zero-order valence-corrected chi connectivity index (χ0v) is 12.7. The highest BCUT2D eigenvalue weighted by Crippen LogP contribution is 2.05. The quantitative estimate of drug-likeness (QED) is 0.786. The number of carbonyl (C=O) groups excluding carboxylic acids is 1. The van der Waals surface area contributed by atoms with E-state index in [9.17, 15) is 4.79 Å². The van der Waals surface area contributed by atoms with Crippen molar-refractivity contribution < 1.29 is 9.90 Å². The molecule has 1 heterocycles. The highest BCUT2D eigenvalue weighted by atomic mass is 16.3. The van der Waals surface area contributed by atoms with E-state index >= 15 is 0 Å². The molecular weight excluding hydrogens is 276 g/mol. The van der Waals surface area contributed by atoms with Crippen LogP contribution in [0.2, 0.25) is 0 Å². The number of hydrogen-bond acceptors (Lipinski definition) is 3. The number of aromatic nitrogens is 1. The van der Waals surface area contributed by atoms with E-state index in [2.05, 4.69) is 10.3 Å². The third-order valence-corrected chi connectivity index (χ3v) is 3.50. The van der Waals surface area contributed by atoms with Crippen LogP contribution in [0.15, 0.2) is 48.7 Å². The first-order valence-corrected chi connectivity index (χ1v) is 7.63. The lowest BCUT2D eigenvalue weighted by Crippen LogP contribution is -2.25. The average Bonchev–Trinajstić information content (AvgIpc) is 2.56. The molecule has 4 heteroatoms. The molecule has 0 radical (unpaired) electrons. The fraction of sp³-hybridized carbons (Fsp3) is 0.333. The zero-order chi connectivity index (χ0) is 15.6. The van der Waals surface area contributed by atoms with Crippen molar-refractivity contribution in [1.82, 2.24) is 10.3 Å². The van der Waals surface area contributed by atoms with Crippen LogP contribution < -0.4 is 5.32 Å². The summed E-state index contributed by atoms with van der Waals surface area (Å²) in [5.74, 6) is 0.0860. The van der Waals surface area contributed by atoms with Gasteiger partial charge in [0.2, 0.25) is 5.91 Å². The summed E-state index contributed by atoms with van der Waals surface area (Å²) in [4.78, 5) is 16.0. The number of benzene rings is 1. The predicted molar refractivity (Wildman–Crippen MR) is 86.3 cm³/mol. The number of hydrogen-bond donors (Lipinski definition) is 2. The van der Waals surface area contributed by atoms with Crippen LogP contribution in [0.4, 0.5) is 0 Å². The van der Waals surface area contributed by atoms with Crippen molar-refractivity contribution in [2.24, 2.45) is 0 Å². The third kappa shape index (κ3) is 5.66. The lowest BCUT2D eigenvalue weighted by molar-refractivity contribution is -0.121. The Morgan fingerprint density at radius 2 is 1.82 bits per heavy atom. The number of rotatable bonds is 8. The van der Waals surface area contributed by atoms with Gasteiger partial charge >= 0.3 is 0 Å². The first kappa shape index (κ1) is 16.2. The Bertz CT molecular complexity index is 567. The Balaban J connectivity index is 1.61. The molecule has 0 aliphatic carbocycles. The monoisotopic (exact) mass is 298 g/mol. The smallest absolute Gasteiger partial charge is 0.220 e. The van der Waals surface area contributed by atoms with Crippen LogP contribution in [0, 0.1) is 0 Å². The van der Waals surface area contributed by atoms with Crippen molar-refractivity contribution >= 4 is 5.91 Å². The van der Waals surface area contributed by atoms with E-state index in [1.807, 2.05) is 42.5 Å². The fourth-order valence-electron chi connectivity index (χ4n) is 2.22. The van der Waals surface area contributed by atoms with Crippen LogP contribution in [0.25, 0.3) is 0 Å². The number of amides is 1. The van der Waals surface area contributed by atoms with Crippen molar-refractivity contribution in [1.29, 1.82) is 0 Å². The Labute approximate surface area is 131 Å². The molecular formula is C18H22N2O2. The maximum atomic E-state index is 11.8. The van der Waals surface area contributed by atoms with Gasteiger partial charge in [-0.2, -0.15) is 0 Å². The highest BCUT2D eigenvalue weighted by Gasteiger charge is 2.02. The minimum absolute atomic E-state index is 0.0628. The molecule has 116 valence electrons. The van der Waals surface area contributed by atoms with E-state index in [1.165, 1.54) is 0 Å². The molecule has 2 aromatic rings. The Morgan fingerprint density at radius 1 is 1.05 bits per heavy atom. The summed E-state index contributed by atoms with van der Waals surface area (Å²) < 4.78 is 0. The van der Waals surface area contributed by atoms with Crippen molar-refractivity contribution in [3.8, 4) is 0 Å². The molecule has 4 nitrogen and oxygen atoms in total.